The van der Waals surface area contributed by atoms with Crippen LogP contribution in [-0.2, 0) is 17.8 Å². The molecule has 0 aliphatic carbocycles. The van der Waals surface area contributed by atoms with Gasteiger partial charge in [-0.05, 0) is 31.5 Å². The average molecular weight is 408 g/mol. The number of carbonyl (C=O) groups is 1. The standard InChI is InChI=1S/C19H23ClFN5O2/c1-12-9-26-15(7-18(24-26)22-8-13-4-5-28-11-13)10-25(12)19(27)23-14-2-3-17(21)16(20)6-14/h2-3,6-7,12-13H,4-5,8-11H2,1H3,(H,22,24)(H,23,27). The summed E-state index contributed by atoms with van der Waals surface area (Å²) in [5.41, 5.74) is 1.43. The molecule has 0 radical (unpaired) electrons. The number of hydrogen-bond donors (Lipinski definition) is 2. The van der Waals surface area contributed by atoms with Gasteiger partial charge in [-0.1, -0.05) is 11.6 Å². The second-order valence-electron chi connectivity index (χ2n) is 7.35. The van der Waals surface area contributed by atoms with Crippen molar-refractivity contribution in [3.63, 3.8) is 0 Å². The second-order valence-corrected chi connectivity index (χ2v) is 7.76. The number of aromatic nitrogens is 2. The van der Waals surface area contributed by atoms with Crippen molar-refractivity contribution < 1.29 is 13.9 Å². The number of nitrogens with zero attached hydrogens (tertiary/aromatic N) is 3. The summed E-state index contributed by atoms with van der Waals surface area (Å²) in [5.74, 6) is 0.822. The maximum atomic E-state index is 13.3. The Balaban J connectivity index is 1.40. The summed E-state index contributed by atoms with van der Waals surface area (Å²) in [5, 5.41) is 10.7. The number of amides is 2. The summed E-state index contributed by atoms with van der Waals surface area (Å²) in [4.78, 5) is 14.4. The summed E-state index contributed by atoms with van der Waals surface area (Å²) < 4.78 is 20.6. The van der Waals surface area contributed by atoms with Crippen LogP contribution in [0.15, 0.2) is 24.3 Å². The van der Waals surface area contributed by atoms with E-state index in [1.807, 2.05) is 17.7 Å². The van der Waals surface area contributed by atoms with E-state index < -0.39 is 5.82 Å². The third-order valence-electron chi connectivity index (χ3n) is 5.19. The topological polar surface area (TPSA) is 71.4 Å². The number of anilines is 2. The van der Waals surface area contributed by atoms with Crippen LogP contribution in [0.4, 0.5) is 20.7 Å². The Morgan fingerprint density at radius 3 is 3.04 bits per heavy atom. The molecular formula is C19H23ClFN5O2. The molecule has 2 amide bonds. The Bertz CT molecular complexity index is 868. The van der Waals surface area contributed by atoms with Crippen molar-refractivity contribution in [1.29, 1.82) is 0 Å². The molecule has 0 saturated carbocycles. The first kappa shape index (κ1) is 19.0. The van der Waals surface area contributed by atoms with Gasteiger partial charge in [0, 0.05) is 30.8 Å². The third kappa shape index (κ3) is 4.07. The van der Waals surface area contributed by atoms with E-state index in [4.69, 9.17) is 16.3 Å². The molecule has 4 rings (SSSR count). The predicted octanol–water partition coefficient (Wildman–Crippen LogP) is 3.56. The highest BCUT2D eigenvalue weighted by Gasteiger charge is 2.28. The molecule has 28 heavy (non-hydrogen) atoms. The van der Waals surface area contributed by atoms with Gasteiger partial charge >= 0.3 is 6.03 Å². The van der Waals surface area contributed by atoms with Gasteiger partial charge in [-0.25, -0.2) is 9.18 Å². The molecule has 3 heterocycles. The van der Waals surface area contributed by atoms with E-state index in [9.17, 15) is 9.18 Å². The Morgan fingerprint density at radius 1 is 1.43 bits per heavy atom. The van der Waals surface area contributed by atoms with Crippen LogP contribution in [0.25, 0.3) is 0 Å². The minimum absolute atomic E-state index is 0.0223. The Kier molecular flexibility index (Phi) is 5.41. The lowest BCUT2D eigenvalue weighted by Gasteiger charge is -2.33. The van der Waals surface area contributed by atoms with E-state index in [2.05, 4.69) is 15.7 Å². The van der Waals surface area contributed by atoms with E-state index in [0.717, 1.165) is 37.7 Å². The van der Waals surface area contributed by atoms with Crippen LogP contribution < -0.4 is 10.6 Å². The van der Waals surface area contributed by atoms with E-state index in [1.54, 1.807) is 4.90 Å². The van der Waals surface area contributed by atoms with Crippen LogP contribution >= 0.6 is 11.6 Å². The minimum Gasteiger partial charge on any atom is -0.381 e. The predicted molar refractivity (Wildman–Crippen MR) is 105 cm³/mol. The van der Waals surface area contributed by atoms with Gasteiger partial charge < -0.3 is 20.3 Å². The van der Waals surface area contributed by atoms with Gasteiger partial charge in [0.2, 0.25) is 0 Å². The van der Waals surface area contributed by atoms with Crippen LogP contribution in [0.5, 0.6) is 0 Å². The highest BCUT2D eigenvalue weighted by molar-refractivity contribution is 6.31. The first-order valence-corrected chi connectivity index (χ1v) is 9.78. The zero-order valence-electron chi connectivity index (χ0n) is 15.6. The number of rotatable bonds is 4. The zero-order valence-corrected chi connectivity index (χ0v) is 16.4. The van der Waals surface area contributed by atoms with Crippen molar-refractivity contribution in [2.24, 2.45) is 5.92 Å². The molecule has 9 heteroatoms. The third-order valence-corrected chi connectivity index (χ3v) is 5.48. The Hall–Kier alpha value is -2.32. The molecule has 2 aromatic rings. The molecule has 2 unspecified atom stereocenters. The van der Waals surface area contributed by atoms with Crippen LogP contribution in [0.2, 0.25) is 5.02 Å². The molecule has 1 aromatic carbocycles. The SMILES string of the molecule is CC1Cn2nc(NCC3CCOC3)cc2CN1C(=O)Nc1ccc(F)c(Cl)c1. The molecule has 2 aliphatic rings. The smallest absolute Gasteiger partial charge is 0.322 e. The molecule has 1 saturated heterocycles. The molecule has 0 bridgehead atoms. The van der Waals surface area contributed by atoms with Gasteiger partial charge in [-0.2, -0.15) is 5.10 Å². The van der Waals surface area contributed by atoms with Crippen molar-refractivity contribution in [1.82, 2.24) is 14.7 Å². The molecule has 2 atom stereocenters. The van der Waals surface area contributed by atoms with Crippen LogP contribution in [-0.4, -0.2) is 46.5 Å². The number of hydrogen-bond acceptors (Lipinski definition) is 4. The number of nitrogens with one attached hydrogen (secondary N) is 2. The van der Waals surface area contributed by atoms with Gasteiger partial charge in [0.15, 0.2) is 0 Å². The fourth-order valence-corrected chi connectivity index (χ4v) is 3.72. The molecule has 2 N–H and O–H groups in total. The fourth-order valence-electron chi connectivity index (χ4n) is 3.54. The lowest BCUT2D eigenvalue weighted by Crippen LogP contribution is -2.46. The van der Waals surface area contributed by atoms with Crippen LogP contribution in [0.3, 0.4) is 0 Å². The molecule has 1 fully saturated rings. The highest BCUT2D eigenvalue weighted by atomic mass is 35.5. The number of urea groups is 1. The van der Waals surface area contributed by atoms with Gasteiger partial charge in [0.25, 0.3) is 0 Å². The van der Waals surface area contributed by atoms with E-state index in [0.29, 0.717) is 24.7 Å². The number of fused-ring (bicyclic) bond motifs is 1. The van der Waals surface area contributed by atoms with E-state index in [-0.39, 0.29) is 17.1 Å². The van der Waals surface area contributed by atoms with E-state index in [1.165, 1.54) is 18.2 Å². The van der Waals surface area contributed by atoms with Crippen molar-refractivity contribution >= 4 is 29.1 Å². The largest absolute Gasteiger partial charge is 0.381 e. The maximum absolute atomic E-state index is 13.3. The number of halogens is 2. The maximum Gasteiger partial charge on any atom is 0.322 e. The first-order valence-electron chi connectivity index (χ1n) is 9.40. The minimum atomic E-state index is -0.515. The summed E-state index contributed by atoms with van der Waals surface area (Å²) in [6.07, 6.45) is 1.07. The molecule has 1 aromatic heterocycles. The summed E-state index contributed by atoms with van der Waals surface area (Å²) in [6, 6.07) is 5.84. The normalized spacial score (nSPS) is 21.5. The van der Waals surface area contributed by atoms with Gasteiger partial charge in [-0.3, -0.25) is 4.68 Å². The molecule has 0 spiro atoms. The first-order chi connectivity index (χ1) is 13.5. The number of ether oxygens (including phenoxy) is 1. The lowest BCUT2D eigenvalue weighted by atomic mass is 10.1. The fraction of sp³-hybridized carbons (Fsp3) is 0.474. The van der Waals surface area contributed by atoms with Crippen molar-refractivity contribution in [2.45, 2.75) is 32.5 Å². The summed E-state index contributed by atoms with van der Waals surface area (Å²) >= 11 is 5.79. The molecule has 150 valence electrons. The van der Waals surface area contributed by atoms with Crippen LogP contribution in [0, 0.1) is 11.7 Å². The Morgan fingerprint density at radius 2 is 2.29 bits per heavy atom. The summed E-state index contributed by atoms with van der Waals surface area (Å²) in [7, 11) is 0. The highest BCUT2D eigenvalue weighted by Crippen LogP contribution is 2.24. The molecular weight excluding hydrogens is 385 g/mol. The van der Waals surface area contributed by atoms with Gasteiger partial charge in [0.05, 0.1) is 36.5 Å². The van der Waals surface area contributed by atoms with Crippen molar-refractivity contribution in [3.05, 3.63) is 40.8 Å². The number of benzene rings is 1. The quantitative estimate of drug-likeness (QED) is 0.812. The zero-order chi connectivity index (χ0) is 19.7. The van der Waals surface area contributed by atoms with Gasteiger partial charge in [0.1, 0.15) is 11.6 Å². The summed E-state index contributed by atoms with van der Waals surface area (Å²) in [6.45, 7) is 5.49. The van der Waals surface area contributed by atoms with E-state index >= 15 is 0 Å². The lowest BCUT2D eigenvalue weighted by molar-refractivity contribution is 0.161. The molecule has 7 nitrogen and oxygen atoms in total. The monoisotopic (exact) mass is 407 g/mol. The molecule has 2 aliphatic heterocycles. The average Bonchev–Trinajstić information content (AvgIpc) is 3.31. The Labute approximate surface area is 167 Å². The second kappa shape index (κ2) is 7.97. The van der Waals surface area contributed by atoms with Crippen molar-refractivity contribution in [2.75, 3.05) is 30.4 Å². The van der Waals surface area contributed by atoms with Gasteiger partial charge in [-0.15, -0.1) is 0 Å². The van der Waals surface area contributed by atoms with Crippen molar-refractivity contribution in [3.8, 4) is 0 Å². The van der Waals surface area contributed by atoms with Crippen LogP contribution in [0.1, 0.15) is 19.0 Å². The number of carbonyl (C=O) groups excluding carboxylic acids is 1.